The second-order valence-electron chi connectivity index (χ2n) is 4.12. The number of hydrogen-bond donors (Lipinski definition) is 0. The lowest BCUT2D eigenvalue weighted by molar-refractivity contribution is 0.966. The highest BCUT2D eigenvalue weighted by Crippen LogP contribution is 2.21. The van der Waals surface area contributed by atoms with Gasteiger partial charge in [-0.25, -0.2) is 4.52 Å². The molecule has 2 nitrogen and oxygen atoms in total. The minimum atomic E-state index is 0.691. The van der Waals surface area contributed by atoms with Crippen molar-refractivity contribution >= 4 is 17.1 Å². The van der Waals surface area contributed by atoms with Crippen LogP contribution in [0.4, 0.5) is 0 Å². The molecule has 17 heavy (non-hydrogen) atoms. The molecule has 0 saturated carbocycles. The van der Waals surface area contributed by atoms with Gasteiger partial charge in [-0.1, -0.05) is 35.4 Å². The van der Waals surface area contributed by atoms with Gasteiger partial charge in [0.25, 0.3) is 0 Å². The number of hydrogen-bond acceptors (Lipinski definition) is 1. The van der Waals surface area contributed by atoms with Gasteiger partial charge < -0.3 is 0 Å². The summed E-state index contributed by atoms with van der Waals surface area (Å²) in [6.07, 6.45) is 1.82. The number of halogens is 1. The summed E-state index contributed by atoms with van der Waals surface area (Å²) in [6, 6.07) is 14.2. The van der Waals surface area contributed by atoms with Gasteiger partial charge in [0.1, 0.15) is 0 Å². The maximum atomic E-state index is 5.94. The molecule has 0 spiro atoms. The van der Waals surface area contributed by atoms with Crippen molar-refractivity contribution in [3.05, 3.63) is 59.2 Å². The molecule has 3 aromatic rings. The van der Waals surface area contributed by atoms with Crippen LogP contribution in [-0.4, -0.2) is 9.61 Å². The van der Waals surface area contributed by atoms with Gasteiger partial charge in [0.05, 0.1) is 16.2 Å². The van der Waals surface area contributed by atoms with Gasteiger partial charge in [-0.15, -0.1) is 0 Å². The molecule has 0 aliphatic rings. The molecule has 0 aliphatic carbocycles. The molecule has 0 fully saturated rings. The van der Waals surface area contributed by atoms with Gasteiger partial charge >= 0.3 is 0 Å². The van der Waals surface area contributed by atoms with Gasteiger partial charge in [0.2, 0.25) is 0 Å². The van der Waals surface area contributed by atoms with E-state index in [0.29, 0.717) is 5.02 Å². The highest BCUT2D eigenvalue weighted by atomic mass is 35.5. The molecule has 0 N–H and O–H groups in total. The predicted octanol–water partition coefficient (Wildman–Crippen LogP) is 3.96. The third-order valence-corrected chi connectivity index (χ3v) is 2.96. The smallest absolute Gasteiger partial charge is 0.0933 e. The second-order valence-corrected chi connectivity index (χ2v) is 4.55. The Morgan fingerprint density at radius 2 is 2.00 bits per heavy atom. The number of pyridine rings is 1. The van der Waals surface area contributed by atoms with Gasteiger partial charge in [0.15, 0.2) is 0 Å². The minimum absolute atomic E-state index is 0.691. The lowest BCUT2D eigenvalue weighted by Crippen LogP contribution is -1.86. The highest BCUT2D eigenvalue weighted by Gasteiger charge is 2.04. The normalized spacial score (nSPS) is 10.9. The largest absolute Gasteiger partial charge is 0.239 e. The summed E-state index contributed by atoms with van der Waals surface area (Å²) >= 11 is 5.94. The second kappa shape index (κ2) is 3.90. The van der Waals surface area contributed by atoms with Crippen molar-refractivity contribution < 1.29 is 0 Å². The average molecular weight is 243 g/mol. The summed E-state index contributed by atoms with van der Waals surface area (Å²) in [7, 11) is 0. The summed E-state index contributed by atoms with van der Waals surface area (Å²) < 4.78 is 1.81. The zero-order valence-corrected chi connectivity index (χ0v) is 10.1. The van der Waals surface area contributed by atoms with Crippen LogP contribution in [-0.2, 0) is 0 Å². The van der Waals surface area contributed by atoms with Gasteiger partial charge in [0, 0.05) is 11.8 Å². The summed E-state index contributed by atoms with van der Waals surface area (Å²) in [5.41, 5.74) is 4.38. The first kappa shape index (κ1) is 10.4. The molecule has 1 aromatic carbocycles. The molecule has 2 heterocycles. The van der Waals surface area contributed by atoms with E-state index in [4.69, 9.17) is 11.6 Å². The monoisotopic (exact) mass is 242 g/mol. The van der Waals surface area contributed by atoms with Crippen molar-refractivity contribution in [1.29, 1.82) is 0 Å². The Labute approximate surface area is 104 Å². The van der Waals surface area contributed by atoms with Crippen LogP contribution in [0.15, 0.2) is 48.7 Å². The van der Waals surface area contributed by atoms with Crippen LogP contribution in [0.5, 0.6) is 0 Å². The summed E-state index contributed by atoms with van der Waals surface area (Å²) in [5, 5.41) is 5.21. The maximum Gasteiger partial charge on any atom is 0.0933 e. The van der Waals surface area contributed by atoms with Crippen molar-refractivity contribution in [2.45, 2.75) is 6.92 Å². The molecule has 0 atom stereocenters. The summed E-state index contributed by atoms with van der Waals surface area (Å²) in [6.45, 7) is 2.08. The zero-order valence-electron chi connectivity index (χ0n) is 9.39. The lowest BCUT2D eigenvalue weighted by atomic mass is 10.1. The number of nitrogens with zero attached hydrogens (tertiary/aromatic N) is 2. The zero-order chi connectivity index (χ0) is 11.8. The average Bonchev–Trinajstić information content (AvgIpc) is 2.72. The number of benzene rings is 1. The van der Waals surface area contributed by atoms with Gasteiger partial charge in [-0.05, 0) is 31.2 Å². The Morgan fingerprint density at radius 3 is 2.82 bits per heavy atom. The Kier molecular flexibility index (Phi) is 2.37. The maximum absolute atomic E-state index is 5.94. The van der Waals surface area contributed by atoms with E-state index < -0.39 is 0 Å². The van der Waals surface area contributed by atoms with Crippen molar-refractivity contribution in [3.63, 3.8) is 0 Å². The standard InChI is InChI=1S/C14H11ClN2/c1-10-3-2-4-11(7-10)14-8-13-6-5-12(15)9-17(13)16-14/h2-9H,1H3. The first-order valence-corrected chi connectivity index (χ1v) is 5.82. The SMILES string of the molecule is Cc1cccc(-c2cc3ccc(Cl)cn3n2)c1. The van der Waals surface area contributed by atoms with Crippen molar-refractivity contribution in [3.8, 4) is 11.3 Å². The molecule has 0 amide bonds. The van der Waals surface area contributed by atoms with Gasteiger partial charge in [-0.2, -0.15) is 5.10 Å². The molecule has 0 aliphatic heterocycles. The van der Waals surface area contributed by atoms with Crippen LogP contribution in [0, 0.1) is 6.92 Å². The van der Waals surface area contributed by atoms with Crippen molar-refractivity contribution in [1.82, 2.24) is 9.61 Å². The van der Waals surface area contributed by atoms with E-state index in [0.717, 1.165) is 16.8 Å². The number of aryl methyl sites for hydroxylation is 1. The predicted molar refractivity (Wildman–Crippen MR) is 70.4 cm³/mol. The van der Waals surface area contributed by atoms with Crippen LogP contribution in [0.3, 0.4) is 0 Å². The molecule has 0 radical (unpaired) electrons. The number of fused-ring (bicyclic) bond motifs is 1. The number of rotatable bonds is 1. The first-order valence-electron chi connectivity index (χ1n) is 5.44. The highest BCUT2D eigenvalue weighted by molar-refractivity contribution is 6.30. The van der Waals surface area contributed by atoms with Crippen LogP contribution in [0.2, 0.25) is 5.02 Å². The van der Waals surface area contributed by atoms with E-state index in [-0.39, 0.29) is 0 Å². The Balaban J connectivity index is 2.18. The third kappa shape index (κ3) is 1.92. The molecule has 0 saturated heterocycles. The topological polar surface area (TPSA) is 17.3 Å². The van der Waals surface area contributed by atoms with E-state index >= 15 is 0 Å². The van der Waals surface area contributed by atoms with E-state index in [1.165, 1.54) is 5.56 Å². The fraction of sp³-hybridized carbons (Fsp3) is 0.0714. The van der Waals surface area contributed by atoms with Crippen molar-refractivity contribution in [2.75, 3.05) is 0 Å². The van der Waals surface area contributed by atoms with Crippen LogP contribution < -0.4 is 0 Å². The van der Waals surface area contributed by atoms with Crippen molar-refractivity contribution in [2.24, 2.45) is 0 Å². The van der Waals surface area contributed by atoms with E-state index in [9.17, 15) is 0 Å². The summed E-state index contributed by atoms with van der Waals surface area (Å²) in [5.74, 6) is 0. The molecule has 3 heteroatoms. The quantitative estimate of drug-likeness (QED) is 0.631. The molecule has 0 unspecified atom stereocenters. The third-order valence-electron chi connectivity index (χ3n) is 2.74. The Hall–Kier alpha value is -1.80. The van der Waals surface area contributed by atoms with Crippen LogP contribution >= 0.6 is 11.6 Å². The molecule has 2 aromatic heterocycles. The van der Waals surface area contributed by atoms with E-state index in [2.05, 4.69) is 36.3 Å². The molecular formula is C14H11ClN2. The van der Waals surface area contributed by atoms with E-state index in [1.807, 2.05) is 24.4 Å². The van der Waals surface area contributed by atoms with Crippen LogP contribution in [0.1, 0.15) is 5.56 Å². The molecule has 3 rings (SSSR count). The molecular weight excluding hydrogens is 232 g/mol. The van der Waals surface area contributed by atoms with Gasteiger partial charge in [-0.3, -0.25) is 0 Å². The molecule has 84 valence electrons. The number of aromatic nitrogens is 2. The fourth-order valence-corrected chi connectivity index (χ4v) is 2.06. The Morgan fingerprint density at radius 1 is 1.12 bits per heavy atom. The Bertz CT molecular complexity index is 686. The minimum Gasteiger partial charge on any atom is -0.239 e. The lowest BCUT2D eigenvalue weighted by Gasteiger charge is -1.97. The van der Waals surface area contributed by atoms with Crippen LogP contribution in [0.25, 0.3) is 16.8 Å². The first-order chi connectivity index (χ1) is 8.22. The summed E-state index contributed by atoms with van der Waals surface area (Å²) in [4.78, 5) is 0. The molecule has 0 bridgehead atoms. The van der Waals surface area contributed by atoms with E-state index in [1.54, 1.807) is 4.52 Å². The fourth-order valence-electron chi connectivity index (χ4n) is 1.91.